The fraction of sp³-hybridized carbons (Fsp3) is 0.355. The van der Waals surface area contributed by atoms with Crippen LogP contribution in [-0.4, -0.2) is 54.5 Å². The van der Waals surface area contributed by atoms with E-state index in [0.717, 1.165) is 59.5 Å². The van der Waals surface area contributed by atoms with Crippen molar-refractivity contribution in [2.75, 3.05) is 23.3 Å². The molecule has 10 heteroatoms. The van der Waals surface area contributed by atoms with Gasteiger partial charge >= 0.3 is 0 Å². The number of benzene rings is 2. The van der Waals surface area contributed by atoms with Crippen LogP contribution in [0.15, 0.2) is 54.9 Å². The standard InChI is InChI=1S/C31H35N9O/c1-4-28(41)20-9-10-25-26(15-20)33-18-27(36-25)23-8-6-5-7-21(23)16-34-30-38-31(39-13-11-22(32)12-14-39)37-29-24(19(2)3)17-35-40(29)30/h5-10,15,17-19,22H,4,11-14,16,32H2,1-3H3,(H,34,37,38). The number of carbonyl (C=O) groups excluding carboxylic acids is 1. The van der Waals surface area contributed by atoms with Crippen molar-refractivity contribution in [1.29, 1.82) is 0 Å². The van der Waals surface area contributed by atoms with E-state index in [2.05, 4.69) is 40.2 Å². The second-order valence-corrected chi connectivity index (χ2v) is 10.9. The molecule has 6 rings (SSSR count). The van der Waals surface area contributed by atoms with Gasteiger partial charge in [0.2, 0.25) is 11.9 Å². The number of fused-ring (bicyclic) bond motifs is 2. The summed E-state index contributed by atoms with van der Waals surface area (Å²) in [6.07, 6.45) is 5.95. The lowest BCUT2D eigenvalue weighted by Crippen LogP contribution is -2.40. The molecule has 1 saturated heterocycles. The van der Waals surface area contributed by atoms with Gasteiger partial charge in [0.1, 0.15) is 0 Å². The molecular formula is C31H35N9O. The highest BCUT2D eigenvalue weighted by molar-refractivity contribution is 5.98. The number of nitrogens with one attached hydrogen (secondary N) is 1. The third kappa shape index (κ3) is 5.35. The number of ketones is 1. The van der Waals surface area contributed by atoms with Crippen LogP contribution in [0.3, 0.4) is 0 Å². The second-order valence-electron chi connectivity index (χ2n) is 10.9. The van der Waals surface area contributed by atoms with Crippen LogP contribution in [0.4, 0.5) is 11.9 Å². The smallest absolute Gasteiger partial charge is 0.230 e. The first-order valence-corrected chi connectivity index (χ1v) is 14.3. The molecule has 3 aromatic heterocycles. The highest BCUT2D eigenvalue weighted by Crippen LogP contribution is 2.27. The van der Waals surface area contributed by atoms with Crippen molar-refractivity contribution in [3.8, 4) is 11.3 Å². The predicted octanol–water partition coefficient (Wildman–Crippen LogP) is 4.99. The lowest BCUT2D eigenvalue weighted by Gasteiger charge is -2.30. The Morgan fingerprint density at radius 2 is 1.85 bits per heavy atom. The van der Waals surface area contributed by atoms with Crippen LogP contribution in [0.1, 0.15) is 67.4 Å². The van der Waals surface area contributed by atoms with E-state index >= 15 is 0 Å². The van der Waals surface area contributed by atoms with Gasteiger partial charge in [-0.15, -0.1) is 0 Å². The first-order valence-electron chi connectivity index (χ1n) is 14.3. The predicted molar refractivity (Wildman–Crippen MR) is 161 cm³/mol. The van der Waals surface area contributed by atoms with Crippen LogP contribution in [-0.2, 0) is 6.54 Å². The minimum atomic E-state index is 0.0951. The normalized spacial score (nSPS) is 14.3. The van der Waals surface area contributed by atoms with Crippen molar-refractivity contribution >= 4 is 34.4 Å². The van der Waals surface area contributed by atoms with Crippen molar-refractivity contribution in [3.05, 3.63) is 71.5 Å². The molecule has 10 nitrogen and oxygen atoms in total. The summed E-state index contributed by atoms with van der Waals surface area (Å²) in [4.78, 5) is 33.7. The maximum Gasteiger partial charge on any atom is 0.230 e. The molecule has 3 N–H and O–H groups in total. The van der Waals surface area contributed by atoms with Crippen LogP contribution in [0, 0.1) is 0 Å². The first-order chi connectivity index (χ1) is 19.9. The topological polar surface area (TPSA) is 127 Å². The van der Waals surface area contributed by atoms with Gasteiger partial charge in [-0.3, -0.25) is 9.78 Å². The molecular weight excluding hydrogens is 514 g/mol. The Hall–Kier alpha value is -4.44. The number of hydrogen-bond acceptors (Lipinski definition) is 9. The molecule has 0 bridgehead atoms. The van der Waals surface area contributed by atoms with Gasteiger partial charge in [0.05, 0.1) is 29.1 Å². The van der Waals surface area contributed by atoms with Gasteiger partial charge in [-0.05, 0) is 42.5 Å². The van der Waals surface area contributed by atoms with Crippen molar-refractivity contribution in [2.45, 2.75) is 58.5 Å². The largest absolute Gasteiger partial charge is 0.350 e. The van der Waals surface area contributed by atoms with E-state index in [0.29, 0.717) is 35.9 Å². The zero-order valence-corrected chi connectivity index (χ0v) is 23.7. The maximum atomic E-state index is 12.1. The molecule has 1 fully saturated rings. The Bertz CT molecular complexity index is 1720. The molecule has 4 heterocycles. The number of piperidine rings is 1. The zero-order chi connectivity index (χ0) is 28.5. The summed E-state index contributed by atoms with van der Waals surface area (Å²) >= 11 is 0. The summed E-state index contributed by atoms with van der Waals surface area (Å²) in [5.41, 5.74) is 13.0. The van der Waals surface area contributed by atoms with Gasteiger partial charge in [0.25, 0.3) is 0 Å². The Morgan fingerprint density at radius 3 is 2.63 bits per heavy atom. The third-order valence-corrected chi connectivity index (χ3v) is 7.74. The molecule has 0 atom stereocenters. The summed E-state index contributed by atoms with van der Waals surface area (Å²) in [7, 11) is 0. The molecule has 2 aromatic carbocycles. The lowest BCUT2D eigenvalue weighted by atomic mass is 10.0. The minimum Gasteiger partial charge on any atom is -0.350 e. The van der Waals surface area contributed by atoms with Gasteiger partial charge in [-0.1, -0.05) is 45.0 Å². The zero-order valence-electron chi connectivity index (χ0n) is 23.7. The van der Waals surface area contributed by atoms with E-state index in [-0.39, 0.29) is 17.7 Å². The average Bonchev–Trinajstić information content (AvgIpc) is 3.44. The summed E-state index contributed by atoms with van der Waals surface area (Å²) in [5.74, 6) is 1.71. The van der Waals surface area contributed by atoms with Gasteiger partial charge in [0.15, 0.2) is 11.4 Å². The van der Waals surface area contributed by atoms with Crippen molar-refractivity contribution < 1.29 is 4.79 Å². The summed E-state index contributed by atoms with van der Waals surface area (Å²) in [5, 5.41) is 8.17. The minimum absolute atomic E-state index is 0.0951. The van der Waals surface area contributed by atoms with E-state index in [4.69, 9.17) is 20.7 Å². The molecule has 41 heavy (non-hydrogen) atoms. The van der Waals surface area contributed by atoms with E-state index in [1.54, 1.807) is 10.7 Å². The van der Waals surface area contributed by atoms with Crippen molar-refractivity contribution in [1.82, 2.24) is 29.5 Å². The number of anilines is 2. The molecule has 0 saturated carbocycles. The second kappa shape index (κ2) is 11.2. The molecule has 0 spiro atoms. The number of nitrogens with two attached hydrogens (primary N) is 1. The fourth-order valence-corrected chi connectivity index (χ4v) is 5.26. The Kier molecular flexibility index (Phi) is 7.32. The average molecular weight is 550 g/mol. The first kappa shape index (κ1) is 26.8. The Morgan fingerprint density at radius 1 is 1.05 bits per heavy atom. The number of carbonyl (C=O) groups is 1. The SMILES string of the molecule is CCC(=O)c1ccc2nc(-c3ccccc3CNc3nc(N4CCC(N)CC4)nc4c(C(C)C)cnn34)cnc2c1. The van der Waals surface area contributed by atoms with Gasteiger partial charge in [-0.25, -0.2) is 4.98 Å². The molecule has 1 aliphatic rings. The molecule has 5 aromatic rings. The highest BCUT2D eigenvalue weighted by Gasteiger charge is 2.22. The molecule has 0 aliphatic carbocycles. The summed E-state index contributed by atoms with van der Waals surface area (Å²) in [6, 6.07) is 13.9. The van der Waals surface area contributed by atoms with Crippen molar-refractivity contribution in [2.24, 2.45) is 5.73 Å². The molecule has 0 amide bonds. The number of hydrogen-bond donors (Lipinski definition) is 2. The number of rotatable bonds is 8. The number of nitrogens with zero attached hydrogens (tertiary/aromatic N) is 7. The number of aromatic nitrogens is 6. The Balaban J connectivity index is 1.32. The maximum absolute atomic E-state index is 12.1. The van der Waals surface area contributed by atoms with Gasteiger partial charge < -0.3 is 16.0 Å². The van der Waals surface area contributed by atoms with Crippen LogP contribution in [0.5, 0.6) is 0 Å². The molecule has 0 unspecified atom stereocenters. The lowest BCUT2D eigenvalue weighted by molar-refractivity contribution is 0.0988. The quantitative estimate of drug-likeness (QED) is 0.257. The fourth-order valence-electron chi connectivity index (χ4n) is 5.26. The summed E-state index contributed by atoms with van der Waals surface area (Å²) in [6.45, 7) is 8.33. The van der Waals surface area contributed by atoms with Gasteiger partial charge in [-0.2, -0.15) is 19.6 Å². The van der Waals surface area contributed by atoms with E-state index in [9.17, 15) is 4.79 Å². The third-order valence-electron chi connectivity index (χ3n) is 7.74. The van der Waals surface area contributed by atoms with E-state index in [1.165, 1.54) is 0 Å². The van der Waals surface area contributed by atoms with Crippen LogP contribution < -0.4 is 16.0 Å². The summed E-state index contributed by atoms with van der Waals surface area (Å²) < 4.78 is 1.79. The van der Waals surface area contributed by atoms with Crippen molar-refractivity contribution in [3.63, 3.8) is 0 Å². The molecule has 0 radical (unpaired) electrons. The highest BCUT2D eigenvalue weighted by atomic mass is 16.1. The van der Waals surface area contributed by atoms with E-state index in [1.807, 2.05) is 49.5 Å². The Labute approximate surface area is 239 Å². The number of Topliss-reactive ketones (excluding diaryl/α,β-unsaturated/α-hetero) is 1. The van der Waals surface area contributed by atoms with E-state index < -0.39 is 0 Å². The monoisotopic (exact) mass is 549 g/mol. The molecule has 210 valence electrons. The molecule has 1 aliphatic heterocycles. The van der Waals surface area contributed by atoms with Crippen LogP contribution >= 0.6 is 0 Å². The van der Waals surface area contributed by atoms with Crippen LogP contribution in [0.25, 0.3) is 27.9 Å². The van der Waals surface area contributed by atoms with Crippen LogP contribution in [0.2, 0.25) is 0 Å². The van der Waals surface area contributed by atoms with Gasteiger partial charge in [0, 0.05) is 48.8 Å².